The number of fused-ring (bicyclic) bond motifs is 1. The molecule has 2 aromatic heterocycles. The molecule has 168 valence electrons. The van der Waals surface area contributed by atoms with E-state index >= 15 is 0 Å². The maximum Gasteiger partial charge on any atom is 0.511 e. The molecule has 3 heterocycles. The Bertz CT molecular complexity index is 973. The van der Waals surface area contributed by atoms with Gasteiger partial charge in [0.25, 0.3) is 0 Å². The van der Waals surface area contributed by atoms with Crippen molar-refractivity contribution in [3.8, 4) is 0 Å². The van der Waals surface area contributed by atoms with Crippen LogP contribution in [0.3, 0.4) is 0 Å². The van der Waals surface area contributed by atoms with Crippen LogP contribution in [0.25, 0.3) is 5.65 Å². The molecule has 3 rings (SSSR count). The number of aromatic nitrogens is 3. The van der Waals surface area contributed by atoms with Crippen LogP contribution in [0.1, 0.15) is 18.7 Å². The first kappa shape index (κ1) is 24.6. The van der Waals surface area contributed by atoms with E-state index < -0.39 is 15.5 Å². The number of aliphatic imine (C=N–C) groups is 1. The van der Waals surface area contributed by atoms with Crippen LogP contribution in [0.15, 0.2) is 29.4 Å². The third kappa shape index (κ3) is 5.51. The van der Waals surface area contributed by atoms with Crippen molar-refractivity contribution < 1.29 is 21.6 Å². The topological polar surface area (TPSA) is 104 Å². The summed E-state index contributed by atoms with van der Waals surface area (Å²) in [5, 5.41) is 14.5. The average Bonchev–Trinajstić information content (AvgIpc) is 3.10. The molecule has 0 radical (unpaired) electrons. The Morgan fingerprint density at radius 1 is 1.27 bits per heavy atom. The molecule has 0 atom stereocenters. The molecular formula is C16H23F3IN7O2S. The Labute approximate surface area is 189 Å². The van der Waals surface area contributed by atoms with E-state index in [2.05, 4.69) is 25.8 Å². The second-order valence-electron chi connectivity index (χ2n) is 6.56. The zero-order chi connectivity index (χ0) is 21.1. The average molecular weight is 561 g/mol. The minimum absolute atomic E-state index is 0. The lowest BCUT2D eigenvalue weighted by Crippen LogP contribution is -2.51. The molecule has 0 saturated carbocycles. The van der Waals surface area contributed by atoms with Gasteiger partial charge in [-0.15, -0.1) is 34.2 Å². The van der Waals surface area contributed by atoms with Gasteiger partial charge in [0.05, 0.1) is 0 Å². The molecule has 2 aromatic rings. The second-order valence-corrected chi connectivity index (χ2v) is 8.49. The molecular weight excluding hydrogens is 538 g/mol. The number of pyridine rings is 1. The normalized spacial score (nSPS) is 17.0. The van der Waals surface area contributed by atoms with Crippen molar-refractivity contribution in [2.75, 3.05) is 26.7 Å². The highest BCUT2D eigenvalue weighted by Gasteiger charge is 2.50. The minimum Gasteiger partial charge on any atom is -0.356 e. The Balaban J connectivity index is 0.00000320. The predicted molar refractivity (Wildman–Crippen MR) is 116 cm³/mol. The van der Waals surface area contributed by atoms with Crippen molar-refractivity contribution in [1.29, 1.82) is 0 Å². The summed E-state index contributed by atoms with van der Waals surface area (Å²) < 4.78 is 63.3. The van der Waals surface area contributed by atoms with E-state index in [1.807, 2.05) is 28.8 Å². The van der Waals surface area contributed by atoms with Gasteiger partial charge in [-0.3, -0.25) is 9.39 Å². The zero-order valence-electron chi connectivity index (χ0n) is 16.1. The summed E-state index contributed by atoms with van der Waals surface area (Å²) in [6.07, 6.45) is 2.98. The van der Waals surface area contributed by atoms with Crippen LogP contribution in [-0.2, 0) is 16.4 Å². The molecule has 2 N–H and O–H groups in total. The van der Waals surface area contributed by atoms with E-state index in [9.17, 15) is 21.6 Å². The zero-order valence-corrected chi connectivity index (χ0v) is 19.3. The van der Waals surface area contributed by atoms with Crippen molar-refractivity contribution in [3.63, 3.8) is 0 Å². The van der Waals surface area contributed by atoms with Gasteiger partial charge in [-0.1, -0.05) is 6.07 Å². The smallest absolute Gasteiger partial charge is 0.356 e. The van der Waals surface area contributed by atoms with Gasteiger partial charge in [0.2, 0.25) is 0 Å². The van der Waals surface area contributed by atoms with E-state index in [1.54, 1.807) is 7.05 Å². The minimum atomic E-state index is -5.27. The van der Waals surface area contributed by atoms with E-state index in [0.717, 1.165) is 11.5 Å². The highest BCUT2D eigenvalue weighted by Crippen LogP contribution is 2.28. The van der Waals surface area contributed by atoms with Gasteiger partial charge < -0.3 is 10.6 Å². The van der Waals surface area contributed by atoms with Crippen molar-refractivity contribution in [1.82, 2.24) is 29.5 Å². The van der Waals surface area contributed by atoms with Crippen molar-refractivity contribution >= 4 is 45.6 Å². The number of alkyl halides is 3. The van der Waals surface area contributed by atoms with E-state index in [0.29, 0.717) is 23.2 Å². The molecule has 9 nitrogen and oxygen atoms in total. The first-order chi connectivity index (χ1) is 13.7. The molecule has 0 spiro atoms. The van der Waals surface area contributed by atoms with Crippen molar-refractivity contribution in [2.24, 2.45) is 4.99 Å². The Morgan fingerprint density at radius 3 is 2.60 bits per heavy atom. The predicted octanol–water partition coefficient (Wildman–Crippen LogP) is 1.37. The number of nitrogens with zero attached hydrogens (tertiary/aromatic N) is 5. The molecule has 1 aliphatic heterocycles. The summed E-state index contributed by atoms with van der Waals surface area (Å²) >= 11 is 0. The van der Waals surface area contributed by atoms with Gasteiger partial charge in [0, 0.05) is 45.3 Å². The molecule has 0 aliphatic carbocycles. The number of sulfonamides is 1. The van der Waals surface area contributed by atoms with Gasteiger partial charge in [0.1, 0.15) is 5.82 Å². The van der Waals surface area contributed by atoms with Crippen molar-refractivity contribution in [2.45, 2.75) is 30.8 Å². The number of nitrogens with one attached hydrogen (secondary N) is 2. The molecule has 0 bridgehead atoms. The van der Waals surface area contributed by atoms with Gasteiger partial charge >= 0.3 is 15.5 Å². The lowest BCUT2D eigenvalue weighted by atomic mass is 10.1. The van der Waals surface area contributed by atoms with Crippen LogP contribution in [-0.4, -0.2) is 71.5 Å². The molecule has 1 fully saturated rings. The second kappa shape index (κ2) is 10.1. The van der Waals surface area contributed by atoms with Crippen LogP contribution in [0.5, 0.6) is 0 Å². The number of hydrogen-bond donors (Lipinski definition) is 2. The summed E-state index contributed by atoms with van der Waals surface area (Å²) in [7, 11) is -3.68. The molecule has 14 heteroatoms. The fourth-order valence-electron chi connectivity index (χ4n) is 3.13. The quantitative estimate of drug-likeness (QED) is 0.325. The van der Waals surface area contributed by atoms with Crippen LogP contribution in [0, 0.1) is 0 Å². The maximum atomic E-state index is 12.6. The molecule has 0 amide bonds. The van der Waals surface area contributed by atoms with Gasteiger partial charge in [-0.05, 0) is 25.0 Å². The van der Waals surface area contributed by atoms with E-state index in [-0.39, 0.29) is 55.9 Å². The number of guanidine groups is 1. The van der Waals surface area contributed by atoms with Crippen LogP contribution in [0.4, 0.5) is 13.2 Å². The number of halogens is 4. The SMILES string of the molecule is CN=C(NCCc1nnc2ccccn12)NC1CCN(S(=O)(=O)C(F)(F)F)CC1.I. The highest BCUT2D eigenvalue weighted by atomic mass is 127. The lowest BCUT2D eigenvalue weighted by Gasteiger charge is -2.32. The van der Waals surface area contributed by atoms with Crippen LogP contribution in [0.2, 0.25) is 0 Å². The van der Waals surface area contributed by atoms with Gasteiger partial charge in [-0.25, -0.2) is 8.42 Å². The van der Waals surface area contributed by atoms with Gasteiger partial charge in [-0.2, -0.15) is 17.5 Å². The van der Waals surface area contributed by atoms with E-state index in [4.69, 9.17) is 0 Å². The fraction of sp³-hybridized carbons (Fsp3) is 0.562. The molecule has 1 aliphatic rings. The standard InChI is InChI=1S/C16H22F3N7O2S.HI/c1-20-15(21-8-5-14-24-23-13-4-2-3-9-26(13)14)22-12-6-10-25(11-7-12)29(27,28)16(17,18)19;/h2-4,9,12H,5-8,10-11H2,1H3,(H2,20,21,22);1H. The maximum absolute atomic E-state index is 12.6. The summed E-state index contributed by atoms with van der Waals surface area (Å²) in [5.41, 5.74) is -4.51. The molecule has 1 saturated heterocycles. The molecule has 0 unspecified atom stereocenters. The summed E-state index contributed by atoms with van der Waals surface area (Å²) in [6.45, 7) is 0.140. The lowest BCUT2D eigenvalue weighted by molar-refractivity contribution is -0.0494. The number of hydrogen-bond acceptors (Lipinski definition) is 5. The largest absolute Gasteiger partial charge is 0.511 e. The monoisotopic (exact) mass is 561 g/mol. The molecule has 0 aromatic carbocycles. The van der Waals surface area contributed by atoms with Gasteiger partial charge in [0.15, 0.2) is 11.6 Å². The third-order valence-corrected chi connectivity index (χ3v) is 6.31. The van der Waals surface area contributed by atoms with E-state index in [1.165, 1.54) is 0 Å². The van der Waals surface area contributed by atoms with Crippen LogP contribution < -0.4 is 10.6 Å². The number of piperidine rings is 1. The van der Waals surface area contributed by atoms with Crippen molar-refractivity contribution in [3.05, 3.63) is 30.2 Å². The summed E-state index contributed by atoms with van der Waals surface area (Å²) in [4.78, 5) is 4.11. The Kier molecular flexibility index (Phi) is 8.27. The first-order valence-corrected chi connectivity index (χ1v) is 10.5. The molecule has 30 heavy (non-hydrogen) atoms. The fourth-order valence-corrected chi connectivity index (χ4v) is 4.11. The summed E-state index contributed by atoms with van der Waals surface area (Å²) in [5.74, 6) is 1.28. The first-order valence-electron chi connectivity index (χ1n) is 9.04. The Hall–Kier alpha value is -1.68. The Morgan fingerprint density at radius 2 is 1.97 bits per heavy atom. The van der Waals surface area contributed by atoms with Crippen LogP contribution >= 0.6 is 24.0 Å². The highest BCUT2D eigenvalue weighted by molar-refractivity contribution is 14.0. The third-order valence-electron chi connectivity index (χ3n) is 4.68. The number of rotatable bonds is 5. The summed E-state index contributed by atoms with van der Waals surface area (Å²) in [6, 6.07) is 5.45.